The minimum absolute atomic E-state index is 0.290. The van der Waals surface area contributed by atoms with Crippen molar-refractivity contribution >= 4 is 0 Å². The third-order valence-electron chi connectivity index (χ3n) is 3.91. The Balaban J connectivity index is 2.35. The van der Waals surface area contributed by atoms with Crippen molar-refractivity contribution in [3.05, 3.63) is 0 Å². The molecule has 1 rings (SSSR count). The van der Waals surface area contributed by atoms with Gasteiger partial charge in [0.1, 0.15) is 0 Å². The lowest BCUT2D eigenvalue weighted by molar-refractivity contribution is -0.125. The highest BCUT2D eigenvalue weighted by Crippen LogP contribution is 2.43. The standard InChI is InChI=1S/C14H29NO/c1-7-11(4)15-12-8-13(14(12,5)6)16-9-10(2)3/h10-13,15H,7-9H2,1-6H3. The first-order valence-corrected chi connectivity index (χ1v) is 6.75. The van der Waals surface area contributed by atoms with Crippen LogP contribution in [0.3, 0.4) is 0 Å². The molecule has 0 aliphatic heterocycles. The van der Waals surface area contributed by atoms with Gasteiger partial charge in [0.15, 0.2) is 0 Å². The van der Waals surface area contributed by atoms with Crippen LogP contribution in [0.4, 0.5) is 0 Å². The Bertz CT molecular complexity index is 213. The molecule has 0 aromatic carbocycles. The Kier molecular flexibility index (Phi) is 4.81. The van der Waals surface area contributed by atoms with Crippen molar-refractivity contribution in [2.75, 3.05) is 6.61 Å². The third-order valence-corrected chi connectivity index (χ3v) is 3.91. The minimum atomic E-state index is 0.290. The summed E-state index contributed by atoms with van der Waals surface area (Å²) in [4.78, 5) is 0. The first-order chi connectivity index (χ1) is 7.37. The predicted molar refractivity (Wildman–Crippen MR) is 69.7 cm³/mol. The fraction of sp³-hybridized carbons (Fsp3) is 1.00. The van der Waals surface area contributed by atoms with Crippen LogP contribution in [0.15, 0.2) is 0 Å². The molecule has 96 valence electrons. The van der Waals surface area contributed by atoms with Crippen molar-refractivity contribution in [3.8, 4) is 0 Å². The Labute approximate surface area is 101 Å². The monoisotopic (exact) mass is 227 g/mol. The normalized spacial score (nSPS) is 30.2. The molecule has 2 nitrogen and oxygen atoms in total. The molecule has 0 aromatic heterocycles. The molecule has 1 saturated carbocycles. The first kappa shape index (κ1) is 14.0. The van der Waals surface area contributed by atoms with Gasteiger partial charge in [-0.15, -0.1) is 0 Å². The van der Waals surface area contributed by atoms with Crippen molar-refractivity contribution in [1.29, 1.82) is 0 Å². The largest absolute Gasteiger partial charge is 0.377 e. The second-order valence-electron chi connectivity index (χ2n) is 6.30. The minimum Gasteiger partial charge on any atom is -0.377 e. The molecule has 0 heterocycles. The quantitative estimate of drug-likeness (QED) is 0.752. The lowest BCUT2D eigenvalue weighted by atomic mass is 9.64. The van der Waals surface area contributed by atoms with Crippen LogP contribution in [0.1, 0.15) is 54.4 Å². The van der Waals surface area contributed by atoms with E-state index in [4.69, 9.17) is 4.74 Å². The SMILES string of the molecule is CCC(C)NC1CC(OCC(C)C)C1(C)C. The van der Waals surface area contributed by atoms with Gasteiger partial charge in [0, 0.05) is 24.1 Å². The summed E-state index contributed by atoms with van der Waals surface area (Å²) in [5, 5.41) is 3.69. The van der Waals surface area contributed by atoms with Gasteiger partial charge >= 0.3 is 0 Å². The highest BCUT2D eigenvalue weighted by atomic mass is 16.5. The van der Waals surface area contributed by atoms with Gasteiger partial charge < -0.3 is 10.1 Å². The van der Waals surface area contributed by atoms with Crippen molar-refractivity contribution in [1.82, 2.24) is 5.32 Å². The zero-order valence-corrected chi connectivity index (χ0v) is 11.8. The maximum Gasteiger partial charge on any atom is 0.0656 e. The average molecular weight is 227 g/mol. The van der Waals surface area contributed by atoms with Gasteiger partial charge in [-0.05, 0) is 25.7 Å². The van der Waals surface area contributed by atoms with E-state index in [2.05, 4.69) is 46.9 Å². The fourth-order valence-corrected chi connectivity index (χ4v) is 2.22. The number of rotatable bonds is 6. The smallest absolute Gasteiger partial charge is 0.0656 e. The summed E-state index contributed by atoms with van der Waals surface area (Å²) in [6.07, 6.45) is 2.81. The second kappa shape index (κ2) is 5.50. The maximum atomic E-state index is 5.96. The van der Waals surface area contributed by atoms with Gasteiger partial charge in [-0.25, -0.2) is 0 Å². The Morgan fingerprint density at radius 3 is 2.38 bits per heavy atom. The van der Waals surface area contributed by atoms with Crippen LogP contribution in [0.25, 0.3) is 0 Å². The zero-order valence-electron chi connectivity index (χ0n) is 11.8. The molecular formula is C14H29NO. The van der Waals surface area contributed by atoms with Crippen LogP contribution < -0.4 is 5.32 Å². The molecule has 2 heteroatoms. The van der Waals surface area contributed by atoms with E-state index in [0.29, 0.717) is 24.1 Å². The Hall–Kier alpha value is -0.0800. The molecule has 0 spiro atoms. The summed E-state index contributed by atoms with van der Waals surface area (Å²) < 4.78 is 5.96. The summed E-state index contributed by atoms with van der Waals surface area (Å²) in [6.45, 7) is 14.4. The molecule has 1 fully saturated rings. The summed E-state index contributed by atoms with van der Waals surface area (Å²) in [5.41, 5.74) is 0.290. The van der Waals surface area contributed by atoms with Gasteiger partial charge in [0.2, 0.25) is 0 Å². The highest BCUT2D eigenvalue weighted by Gasteiger charge is 2.49. The van der Waals surface area contributed by atoms with Crippen molar-refractivity contribution in [2.24, 2.45) is 11.3 Å². The number of nitrogens with one attached hydrogen (secondary N) is 1. The van der Waals surface area contributed by atoms with Gasteiger partial charge in [0.05, 0.1) is 6.10 Å². The van der Waals surface area contributed by atoms with E-state index in [1.165, 1.54) is 12.8 Å². The molecule has 0 aromatic rings. The van der Waals surface area contributed by atoms with E-state index in [1.807, 2.05) is 0 Å². The number of hydrogen-bond donors (Lipinski definition) is 1. The van der Waals surface area contributed by atoms with Crippen molar-refractivity contribution < 1.29 is 4.74 Å². The lowest BCUT2D eigenvalue weighted by Crippen LogP contribution is -2.62. The predicted octanol–water partition coefficient (Wildman–Crippen LogP) is 3.21. The molecule has 0 saturated heterocycles. The first-order valence-electron chi connectivity index (χ1n) is 6.75. The van der Waals surface area contributed by atoms with E-state index in [-0.39, 0.29) is 5.41 Å². The maximum absolute atomic E-state index is 5.96. The molecule has 1 aliphatic rings. The van der Waals surface area contributed by atoms with E-state index in [0.717, 1.165) is 6.61 Å². The van der Waals surface area contributed by atoms with E-state index in [9.17, 15) is 0 Å². The fourth-order valence-electron chi connectivity index (χ4n) is 2.22. The van der Waals surface area contributed by atoms with Gasteiger partial charge in [-0.1, -0.05) is 34.6 Å². The number of hydrogen-bond acceptors (Lipinski definition) is 2. The molecule has 0 amide bonds. The molecule has 0 bridgehead atoms. The lowest BCUT2D eigenvalue weighted by Gasteiger charge is -2.53. The van der Waals surface area contributed by atoms with Crippen LogP contribution in [0, 0.1) is 11.3 Å². The van der Waals surface area contributed by atoms with Gasteiger partial charge in [0.25, 0.3) is 0 Å². The van der Waals surface area contributed by atoms with Crippen molar-refractivity contribution in [3.63, 3.8) is 0 Å². The summed E-state index contributed by atoms with van der Waals surface area (Å²) in [5.74, 6) is 0.636. The molecule has 1 aliphatic carbocycles. The Morgan fingerprint density at radius 1 is 1.31 bits per heavy atom. The van der Waals surface area contributed by atoms with Crippen LogP contribution in [0.5, 0.6) is 0 Å². The Morgan fingerprint density at radius 2 is 1.94 bits per heavy atom. The molecule has 16 heavy (non-hydrogen) atoms. The number of ether oxygens (including phenoxy) is 1. The van der Waals surface area contributed by atoms with Crippen LogP contribution in [0.2, 0.25) is 0 Å². The molecule has 0 radical (unpaired) electrons. The van der Waals surface area contributed by atoms with E-state index >= 15 is 0 Å². The molecular weight excluding hydrogens is 198 g/mol. The van der Waals surface area contributed by atoms with Crippen LogP contribution >= 0.6 is 0 Å². The highest BCUT2D eigenvalue weighted by molar-refractivity contribution is 5.03. The summed E-state index contributed by atoms with van der Waals surface area (Å²) in [7, 11) is 0. The van der Waals surface area contributed by atoms with E-state index in [1.54, 1.807) is 0 Å². The zero-order chi connectivity index (χ0) is 12.3. The topological polar surface area (TPSA) is 21.3 Å². The van der Waals surface area contributed by atoms with E-state index < -0.39 is 0 Å². The van der Waals surface area contributed by atoms with Crippen LogP contribution in [-0.4, -0.2) is 24.8 Å². The second-order valence-corrected chi connectivity index (χ2v) is 6.30. The molecule has 3 atom stereocenters. The molecule has 3 unspecified atom stereocenters. The third kappa shape index (κ3) is 3.21. The summed E-state index contributed by atoms with van der Waals surface area (Å²) in [6, 6.07) is 1.25. The van der Waals surface area contributed by atoms with Gasteiger partial charge in [-0.3, -0.25) is 0 Å². The molecule has 1 N–H and O–H groups in total. The van der Waals surface area contributed by atoms with Gasteiger partial charge in [-0.2, -0.15) is 0 Å². The average Bonchev–Trinajstić information content (AvgIpc) is 2.21. The van der Waals surface area contributed by atoms with Crippen molar-refractivity contribution in [2.45, 2.75) is 72.6 Å². The summed E-state index contributed by atoms with van der Waals surface area (Å²) >= 11 is 0. The van der Waals surface area contributed by atoms with Crippen LogP contribution in [-0.2, 0) is 4.74 Å².